The average Bonchev–Trinajstić information content (AvgIpc) is 2.95. The molecule has 0 fully saturated rings. The van der Waals surface area contributed by atoms with Gasteiger partial charge in [-0.2, -0.15) is 0 Å². The van der Waals surface area contributed by atoms with Crippen LogP contribution in [0.3, 0.4) is 0 Å². The number of nitrogens with zero attached hydrogens (tertiary/aromatic N) is 1. The van der Waals surface area contributed by atoms with Gasteiger partial charge in [0.25, 0.3) is 5.84 Å². The van der Waals surface area contributed by atoms with E-state index in [1.54, 1.807) is 0 Å². The van der Waals surface area contributed by atoms with Gasteiger partial charge in [-0.25, -0.2) is 0 Å². The summed E-state index contributed by atoms with van der Waals surface area (Å²) in [4.78, 5) is 0. The van der Waals surface area contributed by atoms with Crippen LogP contribution in [0, 0.1) is 0 Å². The van der Waals surface area contributed by atoms with Crippen LogP contribution in [-0.4, -0.2) is 35.7 Å². The summed E-state index contributed by atoms with van der Waals surface area (Å²) in [6.45, 7) is 1.76. The van der Waals surface area contributed by atoms with Crippen molar-refractivity contribution in [1.29, 1.82) is 0 Å². The second-order valence-corrected chi connectivity index (χ2v) is 5.14. The zero-order valence-electron chi connectivity index (χ0n) is 11.6. The van der Waals surface area contributed by atoms with Gasteiger partial charge in [0, 0.05) is 11.1 Å². The Labute approximate surface area is 119 Å². The zero-order chi connectivity index (χ0) is 14.0. The summed E-state index contributed by atoms with van der Waals surface area (Å²) in [5.41, 5.74) is 0.623. The fourth-order valence-corrected chi connectivity index (χ4v) is 2.79. The van der Waals surface area contributed by atoms with E-state index in [4.69, 9.17) is 0 Å². The van der Waals surface area contributed by atoms with Gasteiger partial charge in [-0.3, -0.25) is 9.89 Å². The number of benzene rings is 2. The lowest BCUT2D eigenvalue weighted by molar-refractivity contribution is -0.490. The molecule has 0 atom stereocenters. The van der Waals surface area contributed by atoms with Crippen molar-refractivity contribution in [2.45, 2.75) is 5.60 Å². The molecule has 0 spiro atoms. The van der Waals surface area contributed by atoms with Gasteiger partial charge in [-0.15, -0.1) is 0 Å². The Balaban J connectivity index is 2.21. The van der Waals surface area contributed by atoms with E-state index >= 15 is 0 Å². The van der Waals surface area contributed by atoms with E-state index in [1.165, 1.54) is 0 Å². The minimum Gasteiger partial charge on any atom is -0.370 e. The molecule has 3 nitrogen and oxygen atoms in total. The van der Waals surface area contributed by atoms with Gasteiger partial charge in [0.15, 0.2) is 0 Å². The van der Waals surface area contributed by atoms with Crippen molar-refractivity contribution in [3.8, 4) is 0 Å². The number of hydrogen-bond acceptors (Lipinski definition) is 2. The molecular formula is C17H19N2O+. The molecule has 20 heavy (non-hydrogen) atoms. The summed E-state index contributed by atoms with van der Waals surface area (Å²) < 4.78 is 2.08. The lowest BCUT2D eigenvalue weighted by atomic mass is 9.85. The molecule has 2 N–H and O–H groups in total. The summed E-state index contributed by atoms with van der Waals surface area (Å²) in [5.74, 6) is 0.842. The molecule has 0 amide bonds. The Kier molecular flexibility index (Phi) is 3.28. The Hall–Kier alpha value is -2.13. The van der Waals surface area contributed by atoms with E-state index in [2.05, 4.69) is 9.89 Å². The van der Waals surface area contributed by atoms with Crippen LogP contribution >= 0.6 is 0 Å². The second-order valence-electron chi connectivity index (χ2n) is 5.14. The minimum atomic E-state index is -1.13. The normalized spacial score (nSPS) is 15.3. The maximum atomic E-state index is 11.5. The van der Waals surface area contributed by atoms with Crippen molar-refractivity contribution >= 4 is 5.84 Å². The van der Waals surface area contributed by atoms with Crippen molar-refractivity contribution in [3.63, 3.8) is 0 Å². The molecule has 0 aromatic heterocycles. The lowest BCUT2D eigenvalue weighted by Crippen LogP contribution is -2.46. The topological polar surface area (TPSA) is 35.3 Å². The standard InChI is InChI=1S/C17H18N2O/c1-19-13-12-18-16(19)17(20,14-8-4-2-5-9-14)15-10-6-3-7-11-15/h2-11,20H,12-13H2,1H3/p+1. The van der Waals surface area contributed by atoms with Crippen molar-refractivity contribution in [1.82, 2.24) is 5.32 Å². The summed E-state index contributed by atoms with van der Waals surface area (Å²) in [6.07, 6.45) is 0. The molecule has 0 unspecified atom stereocenters. The molecule has 1 heterocycles. The fourth-order valence-electron chi connectivity index (χ4n) is 2.79. The highest BCUT2D eigenvalue weighted by Gasteiger charge is 2.45. The van der Waals surface area contributed by atoms with Crippen LogP contribution in [0.1, 0.15) is 11.1 Å². The van der Waals surface area contributed by atoms with Gasteiger partial charge in [-0.1, -0.05) is 60.7 Å². The summed E-state index contributed by atoms with van der Waals surface area (Å²) >= 11 is 0. The SMILES string of the molecule is C[N+]1=C(C(O)(c2ccccc2)c2ccccc2)NCC1. The maximum Gasteiger partial charge on any atom is 0.286 e. The van der Waals surface area contributed by atoms with Gasteiger partial charge in [-0.05, 0) is 0 Å². The number of hydrogen-bond donors (Lipinski definition) is 2. The predicted molar refractivity (Wildman–Crippen MR) is 79.9 cm³/mol. The van der Waals surface area contributed by atoms with Crippen LogP contribution in [0.5, 0.6) is 0 Å². The molecule has 2 aromatic carbocycles. The summed E-state index contributed by atoms with van der Waals surface area (Å²) in [5, 5.41) is 14.8. The van der Waals surface area contributed by atoms with Gasteiger partial charge >= 0.3 is 0 Å². The van der Waals surface area contributed by atoms with Crippen LogP contribution in [-0.2, 0) is 5.60 Å². The number of aliphatic hydroxyl groups is 1. The Morgan fingerprint density at radius 1 is 0.950 bits per heavy atom. The first-order valence-electron chi connectivity index (χ1n) is 6.89. The van der Waals surface area contributed by atoms with Crippen molar-refractivity contribution < 1.29 is 9.68 Å². The predicted octanol–water partition coefficient (Wildman–Crippen LogP) is 1.57. The summed E-state index contributed by atoms with van der Waals surface area (Å²) in [7, 11) is 2.01. The Morgan fingerprint density at radius 3 is 1.85 bits per heavy atom. The third-order valence-corrected chi connectivity index (χ3v) is 3.85. The molecule has 0 aliphatic carbocycles. The first-order valence-corrected chi connectivity index (χ1v) is 6.89. The molecule has 0 saturated carbocycles. The molecule has 0 radical (unpaired) electrons. The van der Waals surface area contributed by atoms with E-state index in [1.807, 2.05) is 67.7 Å². The molecule has 0 saturated heterocycles. The van der Waals surface area contributed by atoms with Crippen LogP contribution in [0.4, 0.5) is 0 Å². The molecule has 0 bridgehead atoms. The lowest BCUT2D eigenvalue weighted by Gasteiger charge is -2.26. The molecule has 3 heteroatoms. The second kappa shape index (κ2) is 5.10. The van der Waals surface area contributed by atoms with E-state index < -0.39 is 5.60 Å². The zero-order valence-corrected chi connectivity index (χ0v) is 11.6. The van der Waals surface area contributed by atoms with Gasteiger partial charge in [0.2, 0.25) is 5.60 Å². The van der Waals surface area contributed by atoms with Gasteiger partial charge < -0.3 is 5.11 Å². The average molecular weight is 267 g/mol. The van der Waals surface area contributed by atoms with E-state index in [0.29, 0.717) is 0 Å². The number of nitrogens with one attached hydrogen (secondary N) is 1. The minimum absolute atomic E-state index is 0.842. The molecule has 1 aliphatic heterocycles. The summed E-state index contributed by atoms with van der Waals surface area (Å²) in [6, 6.07) is 19.6. The maximum absolute atomic E-state index is 11.5. The molecule has 1 aliphatic rings. The molecular weight excluding hydrogens is 248 g/mol. The van der Waals surface area contributed by atoms with Crippen LogP contribution in [0.2, 0.25) is 0 Å². The quantitative estimate of drug-likeness (QED) is 0.828. The number of rotatable bonds is 3. The largest absolute Gasteiger partial charge is 0.370 e. The third kappa shape index (κ3) is 2.00. The van der Waals surface area contributed by atoms with Gasteiger partial charge in [0.05, 0.1) is 7.05 Å². The van der Waals surface area contributed by atoms with E-state index in [9.17, 15) is 5.11 Å². The number of amidine groups is 1. The molecule has 3 rings (SSSR count). The Morgan fingerprint density at radius 2 is 1.45 bits per heavy atom. The van der Waals surface area contributed by atoms with Crippen LogP contribution in [0.15, 0.2) is 60.7 Å². The van der Waals surface area contributed by atoms with Crippen LogP contribution < -0.4 is 5.32 Å². The van der Waals surface area contributed by atoms with Crippen molar-refractivity contribution in [2.75, 3.05) is 20.1 Å². The monoisotopic (exact) mass is 267 g/mol. The molecule has 102 valence electrons. The highest BCUT2D eigenvalue weighted by atomic mass is 16.3. The first kappa shape index (κ1) is 12.9. The van der Waals surface area contributed by atoms with Gasteiger partial charge in [0.1, 0.15) is 13.1 Å². The van der Waals surface area contributed by atoms with Crippen molar-refractivity contribution in [3.05, 3.63) is 71.8 Å². The Bertz CT molecular complexity index is 580. The third-order valence-electron chi connectivity index (χ3n) is 3.85. The number of likely N-dealkylation sites (N-methyl/N-ethyl adjacent to an activating group) is 1. The van der Waals surface area contributed by atoms with Crippen LogP contribution in [0.25, 0.3) is 0 Å². The van der Waals surface area contributed by atoms with E-state index in [-0.39, 0.29) is 0 Å². The van der Waals surface area contributed by atoms with E-state index in [0.717, 1.165) is 30.1 Å². The fraction of sp³-hybridized carbons (Fsp3) is 0.235. The first-order chi connectivity index (χ1) is 9.73. The van der Waals surface area contributed by atoms with Crippen molar-refractivity contribution in [2.24, 2.45) is 0 Å². The smallest absolute Gasteiger partial charge is 0.286 e. The highest BCUT2D eigenvalue weighted by molar-refractivity contribution is 5.91. The highest BCUT2D eigenvalue weighted by Crippen LogP contribution is 2.30. The molecule has 2 aromatic rings.